The Kier molecular flexibility index (Phi) is 3.79. The van der Waals surface area contributed by atoms with E-state index in [1.165, 1.54) is 0 Å². The average molecular weight is 318 g/mol. The fraction of sp³-hybridized carbons (Fsp3) is 0.462. The monoisotopic (exact) mass is 316 g/mol. The van der Waals surface area contributed by atoms with Gasteiger partial charge >= 0.3 is 5.97 Å². The Balaban J connectivity index is 2.52. The first-order valence-electron chi connectivity index (χ1n) is 5.75. The van der Waals surface area contributed by atoms with Gasteiger partial charge in [-0.1, -0.05) is 46.8 Å². The molecule has 1 saturated carbocycles. The highest BCUT2D eigenvalue weighted by Gasteiger charge is 2.42. The average Bonchev–Trinajstić information content (AvgIpc) is 2.33. The lowest BCUT2D eigenvalue weighted by atomic mass is 9.69. The van der Waals surface area contributed by atoms with E-state index in [0.29, 0.717) is 17.9 Å². The van der Waals surface area contributed by atoms with Crippen molar-refractivity contribution in [3.05, 3.63) is 33.3 Å². The Morgan fingerprint density at radius 1 is 1.29 bits per heavy atom. The summed E-state index contributed by atoms with van der Waals surface area (Å²) in [6.45, 7) is 0. The molecule has 0 bridgehead atoms. The molecule has 1 fully saturated rings. The summed E-state index contributed by atoms with van der Waals surface area (Å²) in [4.78, 5) is 11.7. The van der Waals surface area contributed by atoms with E-state index in [1.807, 2.05) is 12.1 Å². The molecule has 0 atom stereocenters. The van der Waals surface area contributed by atoms with Gasteiger partial charge in [0, 0.05) is 9.50 Å². The first kappa shape index (κ1) is 12.9. The molecule has 0 unspecified atom stereocenters. The summed E-state index contributed by atoms with van der Waals surface area (Å²) in [5.74, 6) is -0.753. The van der Waals surface area contributed by atoms with Crippen molar-refractivity contribution in [1.82, 2.24) is 0 Å². The van der Waals surface area contributed by atoms with Crippen LogP contribution in [0.1, 0.15) is 37.7 Å². The number of carboxylic acid groups (broad SMARTS) is 1. The third-order valence-corrected chi connectivity index (χ3v) is 4.38. The number of benzene rings is 1. The lowest BCUT2D eigenvalue weighted by Crippen LogP contribution is -2.38. The minimum atomic E-state index is -0.793. The maximum atomic E-state index is 11.7. The Morgan fingerprint density at radius 2 is 1.94 bits per heavy atom. The lowest BCUT2D eigenvalue weighted by Gasteiger charge is -2.34. The molecule has 0 aromatic heterocycles. The van der Waals surface area contributed by atoms with E-state index in [1.54, 1.807) is 6.07 Å². The van der Waals surface area contributed by atoms with Gasteiger partial charge in [-0.25, -0.2) is 0 Å². The van der Waals surface area contributed by atoms with Gasteiger partial charge in [-0.15, -0.1) is 0 Å². The molecular formula is C13H14BrClO2. The highest BCUT2D eigenvalue weighted by molar-refractivity contribution is 9.10. The number of carboxylic acids is 1. The van der Waals surface area contributed by atoms with Gasteiger partial charge in [-0.2, -0.15) is 0 Å². The summed E-state index contributed by atoms with van der Waals surface area (Å²) >= 11 is 9.56. The molecule has 0 spiro atoms. The Morgan fingerprint density at radius 3 is 2.53 bits per heavy atom. The van der Waals surface area contributed by atoms with Crippen molar-refractivity contribution < 1.29 is 9.90 Å². The third-order valence-electron chi connectivity index (χ3n) is 3.56. The van der Waals surface area contributed by atoms with Gasteiger partial charge in [-0.3, -0.25) is 4.79 Å². The van der Waals surface area contributed by atoms with Crippen LogP contribution in [0.4, 0.5) is 0 Å². The van der Waals surface area contributed by atoms with Gasteiger partial charge in [-0.05, 0) is 36.6 Å². The number of hydrogen-bond acceptors (Lipinski definition) is 1. The minimum absolute atomic E-state index is 0.553. The highest BCUT2D eigenvalue weighted by atomic mass is 79.9. The van der Waals surface area contributed by atoms with Crippen molar-refractivity contribution >= 4 is 33.5 Å². The van der Waals surface area contributed by atoms with Crippen LogP contribution < -0.4 is 0 Å². The first-order valence-corrected chi connectivity index (χ1v) is 6.92. The normalized spacial score (nSPS) is 18.9. The Labute approximate surface area is 114 Å². The molecule has 0 saturated heterocycles. The number of carbonyl (C=O) groups is 1. The molecular weight excluding hydrogens is 303 g/mol. The van der Waals surface area contributed by atoms with Crippen LogP contribution >= 0.6 is 27.5 Å². The molecule has 17 heavy (non-hydrogen) atoms. The molecule has 0 amide bonds. The summed E-state index contributed by atoms with van der Waals surface area (Å²) in [6.07, 6.45) is 4.38. The van der Waals surface area contributed by atoms with Crippen LogP contribution in [-0.2, 0) is 10.2 Å². The zero-order valence-corrected chi connectivity index (χ0v) is 11.7. The molecule has 0 aliphatic heterocycles. The lowest BCUT2D eigenvalue weighted by molar-refractivity contribution is -0.145. The van der Waals surface area contributed by atoms with Gasteiger partial charge in [0.05, 0.1) is 5.41 Å². The van der Waals surface area contributed by atoms with Crippen LogP contribution in [0.25, 0.3) is 0 Å². The topological polar surface area (TPSA) is 37.3 Å². The van der Waals surface area contributed by atoms with Gasteiger partial charge in [0.2, 0.25) is 0 Å². The van der Waals surface area contributed by atoms with E-state index < -0.39 is 11.4 Å². The molecule has 1 aliphatic carbocycles. The zero-order valence-electron chi connectivity index (χ0n) is 9.38. The van der Waals surface area contributed by atoms with E-state index in [-0.39, 0.29) is 0 Å². The number of hydrogen-bond donors (Lipinski definition) is 1. The number of aliphatic carboxylic acids is 1. The van der Waals surface area contributed by atoms with Gasteiger partial charge in [0.15, 0.2) is 0 Å². The maximum Gasteiger partial charge on any atom is 0.314 e. The largest absolute Gasteiger partial charge is 0.481 e. The van der Waals surface area contributed by atoms with Gasteiger partial charge < -0.3 is 5.11 Å². The molecule has 0 heterocycles. The van der Waals surface area contributed by atoms with Crippen LogP contribution in [0.15, 0.2) is 22.7 Å². The van der Waals surface area contributed by atoms with Crippen LogP contribution in [-0.4, -0.2) is 11.1 Å². The molecule has 2 nitrogen and oxygen atoms in total. The summed E-state index contributed by atoms with van der Waals surface area (Å²) < 4.78 is 0.878. The van der Waals surface area contributed by atoms with Crippen LogP contribution in [0.5, 0.6) is 0 Å². The quantitative estimate of drug-likeness (QED) is 0.878. The van der Waals surface area contributed by atoms with Crippen LogP contribution in [0.2, 0.25) is 5.02 Å². The van der Waals surface area contributed by atoms with Gasteiger partial charge in [0.1, 0.15) is 0 Å². The molecule has 1 N–H and O–H groups in total. The highest BCUT2D eigenvalue weighted by Crippen LogP contribution is 2.43. The smallest absolute Gasteiger partial charge is 0.314 e. The van der Waals surface area contributed by atoms with Crippen molar-refractivity contribution in [2.75, 3.05) is 0 Å². The molecule has 92 valence electrons. The molecule has 1 aromatic carbocycles. The standard InChI is InChI=1S/C13H14BrClO2/c14-9-4-5-11(15)10(8-9)13(12(16)17)6-2-1-3-7-13/h4-5,8H,1-3,6-7H2,(H,16,17). The molecule has 1 aromatic rings. The summed E-state index contributed by atoms with van der Waals surface area (Å²) in [5.41, 5.74) is -0.0419. The summed E-state index contributed by atoms with van der Waals surface area (Å²) in [7, 11) is 0. The molecule has 4 heteroatoms. The zero-order chi connectivity index (χ0) is 12.5. The molecule has 0 radical (unpaired) electrons. The Bertz CT molecular complexity index is 439. The van der Waals surface area contributed by atoms with Gasteiger partial charge in [0.25, 0.3) is 0 Å². The van der Waals surface area contributed by atoms with Crippen LogP contribution in [0.3, 0.4) is 0 Å². The Hall–Kier alpha value is -0.540. The van der Waals surface area contributed by atoms with Crippen LogP contribution in [0, 0.1) is 0 Å². The molecule has 1 aliphatic rings. The summed E-state index contributed by atoms with van der Waals surface area (Å²) in [5, 5.41) is 10.1. The van der Waals surface area contributed by atoms with E-state index in [0.717, 1.165) is 29.3 Å². The van der Waals surface area contributed by atoms with E-state index in [4.69, 9.17) is 11.6 Å². The van der Waals surface area contributed by atoms with Crippen molar-refractivity contribution in [3.8, 4) is 0 Å². The summed E-state index contributed by atoms with van der Waals surface area (Å²) in [6, 6.07) is 5.45. The number of halogens is 2. The first-order chi connectivity index (χ1) is 8.06. The van der Waals surface area contributed by atoms with E-state index in [2.05, 4.69) is 15.9 Å². The second-order valence-corrected chi connectivity index (χ2v) is 5.89. The predicted octanol–water partition coefficient (Wildman–Crippen LogP) is 4.39. The van der Waals surface area contributed by atoms with Crippen molar-refractivity contribution in [2.45, 2.75) is 37.5 Å². The van der Waals surface area contributed by atoms with E-state index in [9.17, 15) is 9.90 Å². The maximum absolute atomic E-state index is 11.7. The van der Waals surface area contributed by atoms with Crippen molar-refractivity contribution in [1.29, 1.82) is 0 Å². The molecule has 2 rings (SSSR count). The fourth-order valence-corrected chi connectivity index (χ4v) is 3.28. The second-order valence-electron chi connectivity index (χ2n) is 4.57. The minimum Gasteiger partial charge on any atom is -0.481 e. The van der Waals surface area contributed by atoms with E-state index >= 15 is 0 Å². The SMILES string of the molecule is O=C(O)C1(c2cc(Br)ccc2Cl)CCCCC1. The second kappa shape index (κ2) is 4.99. The van der Waals surface area contributed by atoms with Crippen molar-refractivity contribution in [3.63, 3.8) is 0 Å². The third kappa shape index (κ3) is 2.36. The number of rotatable bonds is 2. The fourth-order valence-electron chi connectivity index (χ4n) is 2.62. The predicted molar refractivity (Wildman–Crippen MR) is 71.6 cm³/mol. The van der Waals surface area contributed by atoms with Crippen molar-refractivity contribution in [2.24, 2.45) is 0 Å².